The van der Waals surface area contributed by atoms with Crippen molar-refractivity contribution in [2.75, 3.05) is 13.2 Å². The molecule has 0 aromatic rings. The molecule has 5 unspecified atom stereocenters. The number of esters is 2. The van der Waals surface area contributed by atoms with Crippen molar-refractivity contribution in [3.05, 3.63) is 0 Å². The molecule has 17 N–H and O–H groups in total. The molecule has 0 aromatic carbocycles. The number of quaternary nitrogens is 3. The molecule has 0 radical (unpaired) electrons. The van der Waals surface area contributed by atoms with E-state index in [1.807, 2.05) is 13.8 Å². The molecule has 1 aliphatic carbocycles. The number of phosphoric ester groups is 3. The minimum atomic E-state index is -5.80. The van der Waals surface area contributed by atoms with Crippen molar-refractivity contribution < 1.29 is 90.6 Å². The monoisotopic (exact) mass is 741 g/mol. The van der Waals surface area contributed by atoms with Crippen LogP contribution in [0.4, 0.5) is 0 Å². The lowest BCUT2D eigenvalue weighted by Crippen LogP contribution is -2.65. The van der Waals surface area contributed by atoms with E-state index in [4.69, 9.17) is 19.3 Å². The second kappa shape index (κ2) is 22.6. The van der Waals surface area contributed by atoms with Crippen LogP contribution in [0, 0.1) is 0 Å². The number of ether oxygens (including phenoxy) is 2. The van der Waals surface area contributed by atoms with Crippen molar-refractivity contribution in [1.82, 2.24) is 18.5 Å². The highest BCUT2D eigenvalue weighted by atomic mass is 31.2. The summed E-state index contributed by atoms with van der Waals surface area (Å²) in [4.78, 5) is 77.1. The first kappa shape index (κ1) is 49.4. The average Bonchev–Trinajstić information content (AvgIpc) is 2.88. The van der Waals surface area contributed by atoms with Crippen LogP contribution in [0.15, 0.2) is 0 Å². The van der Waals surface area contributed by atoms with Gasteiger partial charge in [0.15, 0.2) is 6.10 Å². The van der Waals surface area contributed by atoms with Gasteiger partial charge in [-0.2, -0.15) is 0 Å². The predicted octanol–water partition coefficient (Wildman–Crippen LogP) is -0.611. The van der Waals surface area contributed by atoms with E-state index in [0.29, 0.717) is 19.3 Å². The summed E-state index contributed by atoms with van der Waals surface area (Å²) in [6.07, 6.45) is -13.0. The maximum Gasteiger partial charge on any atom is 0.306 e. The Kier molecular flexibility index (Phi) is 24.3. The number of hydrogen-bond donors (Lipinski definition) is 8. The number of phosphoric acid groups is 3. The quantitative estimate of drug-likeness (QED) is 0.0438. The summed E-state index contributed by atoms with van der Waals surface area (Å²) in [6.45, 7) is 2.17. The van der Waals surface area contributed by atoms with E-state index in [-0.39, 0.29) is 31.3 Å². The maximum atomic E-state index is 12.6. The van der Waals surface area contributed by atoms with Crippen molar-refractivity contribution in [3.8, 4) is 0 Å². The van der Waals surface area contributed by atoms with Crippen LogP contribution in [0.2, 0.25) is 0 Å². The van der Waals surface area contributed by atoms with E-state index in [1.54, 1.807) is 0 Å². The van der Waals surface area contributed by atoms with Gasteiger partial charge in [-0.1, -0.05) is 39.5 Å². The van der Waals surface area contributed by atoms with Gasteiger partial charge in [-0.05, 0) is 12.8 Å². The van der Waals surface area contributed by atoms with Gasteiger partial charge in [0.2, 0.25) is 0 Å². The van der Waals surface area contributed by atoms with Gasteiger partial charge < -0.3 is 85.8 Å². The van der Waals surface area contributed by atoms with Crippen LogP contribution in [0.5, 0.6) is 0 Å². The SMILES string of the molecule is CCCCCC(=O)OC[C@H](COP(=O)([O-])OC1[C@H](O)[C@H](OP(=O)([O-])O)C(O)[C@H](OP(=O)([O-])O)[C@H]1O)OC(=O)CCCCC.[NH4+].[NH4+].[NH4+]. The molecule has 0 aromatic heterocycles. The summed E-state index contributed by atoms with van der Waals surface area (Å²) in [5.41, 5.74) is 0. The third-order valence-electron chi connectivity index (χ3n) is 5.90. The fraction of sp³-hybridized carbons (Fsp3) is 0.905. The molecule has 1 aliphatic rings. The van der Waals surface area contributed by atoms with E-state index >= 15 is 0 Å². The summed E-state index contributed by atoms with van der Waals surface area (Å²) < 4.78 is 62.6. The smallest absolute Gasteiger partial charge is 0.306 e. The largest absolute Gasteiger partial charge is 0.756 e. The van der Waals surface area contributed by atoms with Gasteiger partial charge in [0.1, 0.15) is 43.2 Å². The topological polar surface area (TPSA) is 421 Å². The highest BCUT2D eigenvalue weighted by Gasteiger charge is 2.54. The second-order valence-electron chi connectivity index (χ2n) is 9.57. The zero-order chi connectivity index (χ0) is 33.0. The van der Waals surface area contributed by atoms with E-state index in [9.17, 15) is 53.3 Å². The highest BCUT2D eigenvalue weighted by molar-refractivity contribution is 7.46. The van der Waals surface area contributed by atoms with Crippen LogP contribution in [0.25, 0.3) is 0 Å². The Morgan fingerprint density at radius 3 is 1.46 bits per heavy atom. The average molecular weight is 742 g/mol. The minimum absolute atomic E-state index is 0. The Morgan fingerprint density at radius 2 is 1.07 bits per heavy atom. The zero-order valence-corrected chi connectivity index (χ0v) is 29.1. The Labute approximate surface area is 265 Å². The molecule has 0 spiro atoms. The molecule has 1 rings (SSSR count). The first-order chi connectivity index (χ1) is 19.8. The minimum Gasteiger partial charge on any atom is -0.756 e. The van der Waals surface area contributed by atoms with Gasteiger partial charge in [-0.15, -0.1) is 0 Å². The van der Waals surface area contributed by atoms with E-state index < -0.39 is 91.3 Å². The van der Waals surface area contributed by atoms with Crippen molar-refractivity contribution in [2.24, 2.45) is 0 Å². The molecule has 1 saturated carbocycles. The number of carbonyl (C=O) groups excluding carboxylic acids is 2. The summed E-state index contributed by atoms with van der Waals surface area (Å²) >= 11 is 0. The summed E-state index contributed by atoms with van der Waals surface area (Å²) in [6, 6.07) is 0. The second-order valence-corrected chi connectivity index (χ2v) is 13.2. The summed E-state index contributed by atoms with van der Waals surface area (Å²) in [7, 11) is -17.3. The molecule has 0 heterocycles. The Bertz CT molecular complexity index is 992. The summed E-state index contributed by atoms with van der Waals surface area (Å²) in [5, 5.41) is 31.0. The van der Waals surface area contributed by atoms with Gasteiger partial charge >= 0.3 is 11.9 Å². The number of aliphatic hydroxyl groups excluding tert-OH is 3. The Morgan fingerprint density at radius 1 is 0.674 bits per heavy atom. The van der Waals surface area contributed by atoms with Gasteiger partial charge in [0.25, 0.3) is 23.5 Å². The highest BCUT2D eigenvalue weighted by Crippen LogP contribution is 2.47. The lowest BCUT2D eigenvalue weighted by Gasteiger charge is -2.47. The van der Waals surface area contributed by atoms with Crippen molar-refractivity contribution in [2.45, 2.75) is 108 Å². The van der Waals surface area contributed by atoms with Crippen molar-refractivity contribution >= 4 is 35.4 Å². The molecule has 0 bridgehead atoms. The standard InChI is InChI=1S/C21H41O19P3.3H3N/c1-3-5-7-9-14(22)35-11-13(37-15(23)10-8-6-4-2)12-36-43(33,34)40-21-17(25)19(38-41(27,28)29)16(24)20(18(21)26)39-42(30,31)32;;;/h13,16-21,24-26H,3-12H2,1-2H3,(H,33,34)(H2,27,28,29)(H2,30,31,32);3*1H3/t13-,16?,17-,18-,19-,20+,21?;;;/m1.../s1. The number of rotatable bonds is 20. The fourth-order valence-corrected chi connectivity index (χ4v) is 5.93. The van der Waals surface area contributed by atoms with Gasteiger partial charge in [-0.25, -0.2) is 0 Å². The van der Waals surface area contributed by atoms with Gasteiger partial charge in [-0.3, -0.25) is 23.3 Å². The number of aliphatic hydroxyl groups is 3. The number of carbonyl (C=O) groups is 2. The molecule has 10 atom stereocenters. The van der Waals surface area contributed by atoms with Crippen LogP contribution in [-0.4, -0.2) is 93.0 Å². The van der Waals surface area contributed by atoms with Crippen LogP contribution >= 0.6 is 23.5 Å². The third kappa shape index (κ3) is 19.1. The van der Waals surface area contributed by atoms with E-state index in [1.165, 1.54) is 0 Å². The molecule has 0 saturated heterocycles. The molecular formula is C21H50N3O19P3. The van der Waals surface area contributed by atoms with Gasteiger partial charge in [0, 0.05) is 12.8 Å². The number of hydrogen-bond acceptors (Lipinski definition) is 17. The molecule has 0 amide bonds. The zero-order valence-electron chi connectivity index (χ0n) is 26.4. The van der Waals surface area contributed by atoms with Crippen LogP contribution < -0.4 is 33.1 Å². The first-order valence-corrected chi connectivity index (χ1v) is 17.7. The summed E-state index contributed by atoms with van der Waals surface area (Å²) in [5.74, 6) is -1.43. The number of unbranched alkanes of at least 4 members (excludes halogenated alkanes) is 4. The van der Waals surface area contributed by atoms with E-state index in [0.717, 1.165) is 19.3 Å². The molecule has 25 heteroatoms. The molecule has 1 fully saturated rings. The van der Waals surface area contributed by atoms with Crippen LogP contribution in [-0.2, 0) is 50.9 Å². The van der Waals surface area contributed by atoms with Crippen LogP contribution in [0.3, 0.4) is 0 Å². The normalized spacial score (nSPS) is 27.2. The Hall–Kier alpha value is -0.970. The lowest BCUT2D eigenvalue weighted by atomic mass is 9.85. The fourth-order valence-electron chi connectivity index (χ4n) is 3.86. The molecule has 278 valence electrons. The Balaban J connectivity index is -0.00000616. The maximum absolute atomic E-state index is 12.6. The van der Waals surface area contributed by atoms with Crippen LogP contribution in [0.1, 0.15) is 65.2 Å². The molecule has 22 nitrogen and oxygen atoms in total. The predicted molar refractivity (Wildman–Crippen MR) is 153 cm³/mol. The third-order valence-corrected chi connectivity index (χ3v) is 7.88. The lowest BCUT2D eigenvalue weighted by molar-refractivity contribution is -0.278. The molecule has 46 heavy (non-hydrogen) atoms. The van der Waals surface area contributed by atoms with E-state index in [2.05, 4.69) is 18.1 Å². The van der Waals surface area contributed by atoms with Crippen molar-refractivity contribution in [1.29, 1.82) is 0 Å². The molecule has 0 aliphatic heterocycles. The van der Waals surface area contributed by atoms with Gasteiger partial charge in [0.05, 0.1) is 6.61 Å². The van der Waals surface area contributed by atoms with Crippen molar-refractivity contribution in [3.63, 3.8) is 0 Å². The first-order valence-electron chi connectivity index (χ1n) is 13.3. The molecular weight excluding hydrogens is 691 g/mol.